The zero-order chi connectivity index (χ0) is 14.5. The summed E-state index contributed by atoms with van der Waals surface area (Å²) in [5.74, 6) is -0.190. The van der Waals surface area contributed by atoms with Gasteiger partial charge in [-0.15, -0.1) is 11.6 Å². The molecular formula is C16H15ClFNO. The van der Waals surface area contributed by atoms with E-state index in [0.717, 1.165) is 11.1 Å². The molecular weight excluding hydrogens is 277 g/mol. The van der Waals surface area contributed by atoms with Gasteiger partial charge in [0.1, 0.15) is 5.82 Å². The summed E-state index contributed by atoms with van der Waals surface area (Å²) < 4.78 is 13.4. The third-order valence-corrected chi connectivity index (χ3v) is 3.37. The minimum atomic E-state index is -0.371. The highest BCUT2D eigenvalue weighted by Gasteiger charge is 2.07. The van der Waals surface area contributed by atoms with Gasteiger partial charge in [-0.25, -0.2) is 4.39 Å². The standard InChI is InChI=1S/C16H15ClFNO/c1-11-2-7-14(8-15(11)18)16(20)19-10-13-5-3-12(9-17)4-6-13/h2-8H,9-10H2,1H3,(H,19,20). The lowest BCUT2D eigenvalue weighted by Gasteiger charge is -2.07. The van der Waals surface area contributed by atoms with Crippen molar-refractivity contribution in [2.24, 2.45) is 0 Å². The van der Waals surface area contributed by atoms with Crippen LogP contribution in [0.2, 0.25) is 0 Å². The summed E-state index contributed by atoms with van der Waals surface area (Å²) in [4.78, 5) is 11.9. The molecule has 0 fully saturated rings. The molecule has 0 aliphatic heterocycles. The first-order chi connectivity index (χ1) is 9.60. The Morgan fingerprint density at radius 2 is 1.80 bits per heavy atom. The Bertz CT molecular complexity index is 610. The van der Waals surface area contributed by atoms with Crippen LogP contribution in [0.15, 0.2) is 42.5 Å². The molecule has 20 heavy (non-hydrogen) atoms. The van der Waals surface area contributed by atoms with Crippen molar-refractivity contribution in [2.75, 3.05) is 0 Å². The Morgan fingerprint density at radius 1 is 1.15 bits per heavy atom. The van der Waals surface area contributed by atoms with Crippen molar-refractivity contribution < 1.29 is 9.18 Å². The molecule has 0 saturated heterocycles. The van der Waals surface area contributed by atoms with Gasteiger partial charge in [0.2, 0.25) is 0 Å². The molecule has 0 aliphatic carbocycles. The second-order valence-electron chi connectivity index (χ2n) is 4.60. The Morgan fingerprint density at radius 3 is 2.40 bits per heavy atom. The van der Waals surface area contributed by atoms with E-state index in [0.29, 0.717) is 23.6 Å². The predicted octanol–water partition coefficient (Wildman–Crippen LogP) is 3.80. The molecule has 0 saturated carbocycles. The number of benzene rings is 2. The van der Waals surface area contributed by atoms with Gasteiger partial charge in [-0.2, -0.15) is 0 Å². The van der Waals surface area contributed by atoms with Gasteiger partial charge in [-0.3, -0.25) is 4.79 Å². The number of carbonyl (C=O) groups excluding carboxylic acids is 1. The zero-order valence-corrected chi connectivity index (χ0v) is 11.9. The molecule has 2 aromatic rings. The first-order valence-electron chi connectivity index (χ1n) is 6.28. The molecule has 2 nitrogen and oxygen atoms in total. The van der Waals surface area contributed by atoms with Crippen molar-refractivity contribution in [1.29, 1.82) is 0 Å². The van der Waals surface area contributed by atoms with Crippen LogP contribution in [0.4, 0.5) is 4.39 Å². The van der Waals surface area contributed by atoms with E-state index in [1.54, 1.807) is 19.1 Å². The van der Waals surface area contributed by atoms with Crippen molar-refractivity contribution >= 4 is 17.5 Å². The molecule has 0 unspecified atom stereocenters. The van der Waals surface area contributed by atoms with Crippen molar-refractivity contribution in [3.05, 3.63) is 70.5 Å². The van der Waals surface area contributed by atoms with Gasteiger partial charge < -0.3 is 5.32 Å². The molecule has 0 aliphatic rings. The van der Waals surface area contributed by atoms with Gasteiger partial charge in [0.25, 0.3) is 5.91 Å². The monoisotopic (exact) mass is 291 g/mol. The van der Waals surface area contributed by atoms with Crippen LogP contribution >= 0.6 is 11.6 Å². The fourth-order valence-corrected chi connectivity index (χ4v) is 1.94. The van der Waals surface area contributed by atoms with Gasteiger partial charge in [-0.05, 0) is 35.7 Å². The van der Waals surface area contributed by atoms with Crippen LogP contribution in [0.3, 0.4) is 0 Å². The minimum absolute atomic E-state index is 0.287. The van der Waals surface area contributed by atoms with Gasteiger partial charge >= 0.3 is 0 Å². The van der Waals surface area contributed by atoms with Gasteiger partial charge in [0, 0.05) is 18.0 Å². The van der Waals surface area contributed by atoms with Gasteiger partial charge in [-0.1, -0.05) is 30.3 Å². The lowest BCUT2D eigenvalue weighted by molar-refractivity contribution is 0.0950. The quantitative estimate of drug-likeness (QED) is 0.853. The largest absolute Gasteiger partial charge is 0.348 e. The topological polar surface area (TPSA) is 29.1 Å². The Balaban J connectivity index is 1.98. The molecule has 2 rings (SSSR count). The summed E-state index contributed by atoms with van der Waals surface area (Å²) in [7, 11) is 0. The molecule has 0 atom stereocenters. The fourth-order valence-electron chi connectivity index (χ4n) is 1.76. The van der Waals surface area contributed by atoms with Crippen LogP contribution in [0, 0.1) is 12.7 Å². The van der Waals surface area contributed by atoms with E-state index in [9.17, 15) is 9.18 Å². The molecule has 2 aromatic carbocycles. The first-order valence-corrected chi connectivity index (χ1v) is 6.81. The fraction of sp³-hybridized carbons (Fsp3) is 0.188. The maximum absolute atomic E-state index is 13.4. The number of halogens is 2. The average molecular weight is 292 g/mol. The molecule has 0 bridgehead atoms. The molecule has 104 valence electrons. The highest BCUT2D eigenvalue weighted by molar-refractivity contribution is 6.17. The van der Waals surface area contributed by atoms with Crippen molar-refractivity contribution in [1.82, 2.24) is 5.32 Å². The van der Waals surface area contributed by atoms with E-state index in [-0.39, 0.29) is 11.7 Å². The average Bonchev–Trinajstić information content (AvgIpc) is 2.48. The molecule has 1 amide bonds. The van der Waals surface area contributed by atoms with E-state index in [4.69, 9.17) is 11.6 Å². The second-order valence-corrected chi connectivity index (χ2v) is 4.86. The van der Waals surface area contributed by atoms with Crippen LogP contribution in [0.25, 0.3) is 0 Å². The summed E-state index contributed by atoms with van der Waals surface area (Å²) >= 11 is 5.71. The van der Waals surface area contributed by atoms with Crippen LogP contribution in [-0.2, 0) is 12.4 Å². The number of aryl methyl sites for hydroxylation is 1. The van der Waals surface area contributed by atoms with E-state index in [1.165, 1.54) is 6.07 Å². The smallest absolute Gasteiger partial charge is 0.251 e. The van der Waals surface area contributed by atoms with Crippen molar-refractivity contribution in [3.63, 3.8) is 0 Å². The number of nitrogens with one attached hydrogen (secondary N) is 1. The SMILES string of the molecule is Cc1ccc(C(=O)NCc2ccc(CCl)cc2)cc1F. The maximum atomic E-state index is 13.4. The number of alkyl halides is 1. The van der Waals surface area contributed by atoms with E-state index < -0.39 is 0 Å². The Hall–Kier alpha value is -1.87. The maximum Gasteiger partial charge on any atom is 0.251 e. The van der Waals surface area contributed by atoms with Crippen LogP contribution in [-0.4, -0.2) is 5.91 Å². The molecule has 0 radical (unpaired) electrons. The molecule has 4 heteroatoms. The Labute approximate surface area is 122 Å². The lowest BCUT2D eigenvalue weighted by atomic mass is 10.1. The number of hydrogen-bond acceptors (Lipinski definition) is 1. The number of hydrogen-bond donors (Lipinski definition) is 1. The highest BCUT2D eigenvalue weighted by Crippen LogP contribution is 2.10. The molecule has 0 heterocycles. The number of amides is 1. The minimum Gasteiger partial charge on any atom is -0.348 e. The summed E-state index contributed by atoms with van der Waals surface area (Å²) in [6.07, 6.45) is 0. The predicted molar refractivity (Wildman–Crippen MR) is 78.3 cm³/mol. The Kier molecular flexibility index (Phi) is 4.74. The van der Waals surface area contributed by atoms with E-state index in [1.807, 2.05) is 24.3 Å². The summed E-state index contributed by atoms with van der Waals surface area (Å²) in [5, 5.41) is 2.76. The third kappa shape index (κ3) is 3.58. The van der Waals surface area contributed by atoms with Crippen LogP contribution in [0.5, 0.6) is 0 Å². The van der Waals surface area contributed by atoms with Crippen molar-refractivity contribution in [3.8, 4) is 0 Å². The number of carbonyl (C=O) groups is 1. The highest BCUT2D eigenvalue weighted by atomic mass is 35.5. The summed E-state index contributed by atoms with van der Waals surface area (Å²) in [5.41, 5.74) is 2.85. The van der Waals surface area contributed by atoms with E-state index in [2.05, 4.69) is 5.32 Å². The normalized spacial score (nSPS) is 10.3. The van der Waals surface area contributed by atoms with E-state index >= 15 is 0 Å². The molecule has 1 N–H and O–H groups in total. The molecule has 0 aromatic heterocycles. The summed E-state index contributed by atoms with van der Waals surface area (Å²) in [6, 6.07) is 12.1. The molecule has 0 spiro atoms. The van der Waals surface area contributed by atoms with Crippen LogP contribution < -0.4 is 5.32 Å². The van der Waals surface area contributed by atoms with Crippen LogP contribution in [0.1, 0.15) is 27.0 Å². The van der Waals surface area contributed by atoms with Gasteiger partial charge in [0.15, 0.2) is 0 Å². The lowest BCUT2D eigenvalue weighted by Crippen LogP contribution is -2.22. The first kappa shape index (κ1) is 14.5. The third-order valence-electron chi connectivity index (χ3n) is 3.06. The van der Waals surface area contributed by atoms with Gasteiger partial charge in [0.05, 0.1) is 0 Å². The zero-order valence-electron chi connectivity index (χ0n) is 11.1. The summed E-state index contributed by atoms with van der Waals surface area (Å²) in [6.45, 7) is 2.06. The second kappa shape index (κ2) is 6.53. The van der Waals surface area contributed by atoms with Crippen molar-refractivity contribution in [2.45, 2.75) is 19.3 Å². The number of rotatable bonds is 4.